The summed E-state index contributed by atoms with van der Waals surface area (Å²) in [5, 5.41) is 16.2. The summed E-state index contributed by atoms with van der Waals surface area (Å²) in [6.07, 6.45) is 0.339. The van der Waals surface area contributed by atoms with Crippen LogP contribution in [-0.4, -0.2) is 41.8 Å². The van der Waals surface area contributed by atoms with Gasteiger partial charge in [-0.1, -0.05) is 41.4 Å². The number of aromatic carboxylic acids is 1. The topological polar surface area (TPSA) is 130 Å². The van der Waals surface area contributed by atoms with E-state index >= 15 is 0 Å². The number of hydrogen-bond acceptors (Lipinski definition) is 6. The normalized spacial score (nSPS) is 11.7. The number of carbonyl (C=O) groups excluding carboxylic acids is 2. The van der Waals surface area contributed by atoms with E-state index in [4.69, 9.17) is 32.4 Å². The van der Waals surface area contributed by atoms with Gasteiger partial charge >= 0.3 is 5.97 Å². The van der Waals surface area contributed by atoms with Gasteiger partial charge in [0.2, 0.25) is 0 Å². The van der Waals surface area contributed by atoms with E-state index in [9.17, 15) is 19.5 Å². The number of benzene rings is 2. The first-order chi connectivity index (χ1) is 16.2. The average molecular weight is 504 g/mol. The molecule has 0 aliphatic heterocycles. The number of hydrogen-bond donors (Lipinski definition) is 3. The Morgan fingerprint density at radius 2 is 1.91 bits per heavy atom. The van der Waals surface area contributed by atoms with Crippen LogP contribution in [0, 0.1) is 0 Å². The lowest BCUT2D eigenvalue weighted by molar-refractivity contribution is -0.130. The molecule has 0 bridgehead atoms. The second-order valence-electron chi connectivity index (χ2n) is 6.90. The van der Waals surface area contributed by atoms with Crippen LogP contribution in [0.3, 0.4) is 0 Å². The molecule has 3 rings (SSSR count). The lowest BCUT2D eigenvalue weighted by Crippen LogP contribution is -2.41. The molecule has 0 saturated carbocycles. The second-order valence-corrected chi connectivity index (χ2v) is 7.74. The molecule has 3 N–H and O–H groups in total. The van der Waals surface area contributed by atoms with Gasteiger partial charge in [-0.2, -0.15) is 5.10 Å². The number of hydrazone groups is 1. The lowest BCUT2D eigenvalue weighted by atomic mass is 10.1. The minimum atomic E-state index is -1.08. The summed E-state index contributed by atoms with van der Waals surface area (Å²) in [6.45, 7) is 1.17. The van der Waals surface area contributed by atoms with Gasteiger partial charge in [0.25, 0.3) is 11.8 Å². The molecule has 176 valence electrons. The van der Waals surface area contributed by atoms with Gasteiger partial charge < -0.3 is 19.6 Å². The van der Waals surface area contributed by atoms with Crippen LogP contribution in [-0.2, 0) is 9.59 Å². The molecule has 34 heavy (non-hydrogen) atoms. The van der Waals surface area contributed by atoms with Crippen LogP contribution in [0.5, 0.6) is 5.75 Å². The molecule has 1 atom stereocenters. The number of carboxylic acid groups (broad SMARTS) is 1. The maximum atomic E-state index is 12.2. The van der Waals surface area contributed by atoms with Crippen molar-refractivity contribution in [2.75, 3.05) is 6.54 Å². The standard InChI is InChI=1S/C23H19Cl2N3O6/c1-13(33-20-8-6-14(24)10-18(20)25)22(30)26-12-21(29)28-27-11-15-7-9-19(34-15)16-4-2-3-5-17(16)23(31)32/h2-11,13H,12H2,1H3,(H,26,30)(H,28,29)(H,31,32)/b27-11-/t13-/m1/s1. The fraction of sp³-hybridized carbons (Fsp3) is 0.130. The number of nitrogens with zero attached hydrogens (tertiary/aromatic N) is 1. The van der Waals surface area contributed by atoms with Crippen LogP contribution in [0.2, 0.25) is 10.0 Å². The molecule has 9 nitrogen and oxygen atoms in total. The maximum Gasteiger partial charge on any atom is 0.336 e. The Hall–Kier alpha value is -3.82. The third-order valence-corrected chi connectivity index (χ3v) is 4.95. The number of rotatable bonds is 9. The summed E-state index contributed by atoms with van der Waals surface area (Å²) in [5.41, 5.74) is 2.77. The molecule has 0 fully saturated rings. The average Bonchev–Trinajstić information content (AvgIpc) is 3.28. The number of furan rings is 1. The SMILES string of the molecule is C[C@@H](Oc1ccc(Cl)cc1Cl)C(=O)NCC(=O)N/N=C\c1ccc(-c2ccccc2C(=O)O)o1. The van der Waals surface area contributed by atoms with Crippen molar-refractivity contribution in [1.29, 1.82) is 0 Å². The summed E-state index contributed by atoms with van der Waals surface area (Å²) >= 11 is 11.8. The molecule has 11 heteroatoms. The molecule has 1 heterocycles. The zero-order valence-electron chi connectivity index (χ0n) is 17.7. The summed E-state index contributed by atoms with van der Waals surface area (Å²) in [6, 6.07) is 14.2. The van der Waals surface area contributed by atoms with Gasteiger partial charge in [0.05, 0.1) is 23.3 Å². The van der Waals surface area contributed by atoms with Gasteiger partial charge in [-0.3, -0.25) is 9.59 Å². The zero-order chi connectivity index (χ0) is 24.7. The van der Waals surface area contributed by atoms with E-state index in [2.05, 4.69) is 15.8 Å². The highest BCUT2D eigenvalue weighted by Gasteiger charge is 2.17. The Morgan fingerprint density at radius 1 is 1.15 bits per heavy atom. The highest BCUT2D eigenvalue weighted by Crippen LogP contribution is 2.28. The van der Waals surface area contributed by atoms with E-state index in [-0.39, 0.29) is 22.9 Å². The van der Waals surface area contributed by atoms with Crippen molar-refractivity contribution >= 4 is 47.2 Å². The van der Waals surface area contributed by atoms with Gasteiger partial charge in [-0.15, -0.1) is 0 Å². The van der Waals surface area contributed by atoms with E-state index in [1.54, 1.807) is 36.4 Å². The molecular formula is C23H19Cl2N3O6. The van der Waals surface area contributed by atoms with Gasteiger partial charge in [0.15, 0.2) is 6.10 Å². The molecule has 1 aromatic heterocycles. The van der Waals surface area contributed by atoms with Gasteiger partial charge in [0.1, 0.15) is 17.3 Å². The van der Waals surface area contributed by atoms with E-state index in [0.717, 1.165) is 0 Å². The van der Waals surface area contributed by atoms with Crippen LogP contribution in [0.15, 0.2) is 64.1 Å². The smallest absolute Gasteiger partial charge is 0.336 e. The highest BCUT2D eigenvalue weighted by atomic mass is 35.5. The minimum absolute atomic E-state index is 0.0981. The van der Waals surface area contributed by atoms with Crippen molar-refractivity contribution in [3.05, 3.63) is 76.0 Å². The Kier molecular flexibility index (Phi) is 8.29. The van der Waals surface area contributed by atoms with E-state index in [0.29, 0.717) is 22.1 Å². The third-order valence-electron chi connectivity index (χ3n) is 4.42. The Morgan fingerprint density at radius 3 is 2.65 bits per heavy atom. The van der Waals surface area contributed by atoms with Crippen LogP contribution in [0.25, 0.3) is 11.3 Å². The largest absolute Gasteiger partial charge is 0.479 e. The number of carboxylic acids is 1. The van der Waals surface area contributed by atoms with Crippen molar-refractivity contribution in [1.82, 2.24) is 10.7 Å². The van der Waals surface area contributed by atoms with Crippen molar-refractivity contribution < 1.29 is 28.6 Å². The number of amides is 2. The van der Waals surface area contributed by atoms with E-state index in [1.165, 1.54) is 31.3 Å². The summed E-state index contributed by atoms with van der Waals surface area (Å²) < 4.78 is 11.1. The fourth-order valence-electron chi connectivity index (χ4n) is 2.78. The summed E-state index contributed by atoms with van der Waals surface area (Å²) in [5.74, 6) is -1.27. The van der Waals surface area contributed by atoms with Gasteiger partial charge in [-0.05, 0) is 43.3 Å². The molecular weight excluding hydrogens is 485 g/mol. The van der Waals surface area contributed by atoms with Crippen LogP contribution in [0.1, 0.15) is 23.0 Å². The first-order valence-electron chi connectivity index (χ1n) is 9.88. The van der Waals surface area contributed by atoms with Crippen LogP contribution in [0.4, 0.5) is 0 Å². The Balaban J connectivity index is 1.48. The second kappa shape index (κ2) is 11.4. The molecule has 2 amide bonds. The van der Waals surface area contributed by atoms with Gasteiger partial charge in [-0.25, -0.2) is 10.2 Å². The quantitative estimate of drug-likeness (QED) is 0.299. The van der Waals surface area contributed by atoms with E-state index < -0.39 is 23.9 Å². The zero-order valence-corrected chi connectivity index (χ0v) is 19.3. The van der Waals surface area contributed by atoms with Crippen molar-refractivity contribution in [2.45, 2.75) is 13.0 Å². The predicted octanol–water partition coefficient (Wildman–Crippen LogP) is 3.99. The molecule has 0 saturated heterocycles. The Bertz CT molecular complexity index is 1240. The third kappa shape index (κ3) is 6.60. The molecule has 3 aromatic rings. The first kappa shape index (κ1) is 24.8. The molecule has 2 aromatic carbocycles. The monoisotopic (exact) mass is 503 g/mol. The molecule has 0 radical (unpaired) electrons. The number of carbonyl (C=O) groups is 3. The molecule has 0 aliphatic carbocycles. The Labute approximate surface area is 204 Å². The number of nitrogens with one attached hydrogen (secondary N) is 2. The fourth-order valence-corrected chi connectivity index (χ4v) is 3.24. The van der Waals surface area contributed by atoms with Crippen molar-refractivity contribution in [2.24, 2.45) is 5.10 Å². The lowest BCUT2D eigenvalue weighted by Gasteiger charge is -2.15. The maximum absolute atomic E-state index is 12.2. The molecule has 0 unspecified atom stereocenters. The first-order valence-corrected chi connectivity index (χ1v) is 10.6. The molecule has 0 aliphatic rings. The van der Waals surface area contributed by atoms with Crippen molar-refractivity contribution in [3.63, 3.8) is 0 Å². The van der Waals surface area contributed by atoms with Crippen LogP contribution < -0.4 is 15.5 Å². The molecule has 0 spiro atoms. The van der Waals surface area contributed by atoms with Crippen molar-refractivity contribution in [3.8, 4) is 17.1 Å². The number of halogens is 2. The minimum Gasteiger partial charge on any atom is -0.479 e. The van der Waals surface area contributed by atoms with Crippen LogP contribution >= 0.6 is 23.2 Å². The predicted molar refractivity (Wildman–Crippen MR) is 126 cm³/mol. The summed E-state index contributed by atoms with van der Waals surface area (Å²) in [4.78, 5) is 35.5. The summed E-state index contributed by atoms with van der Waals surface area (Å²) in [7, 11) is 0. The highest BCUT2D eigenvalue weighted by molar-refractivity contribution is 6.35. The number of ether oxygens (including phenoxy) is 1. The van der Waals surface area contributed by atoms with Gasteiger partial charge in [0, 0.05) is 10.6 Å². The van der Waals surface area contributed by atoms with E-state index in [1.807, 2.05) is 0 Å².